The third kappa shape index (κ3) is 1.25. The highest BCUT2D eigenvalue weighted by Gasteiger charge is 2.08. The molecule has 0 aliphatic heterocycles. The molecular formula is C11H11N5. The van der Waals surface area contributed by atoms with Gasteiger partial charge in [-0.3, -0.25) is 9.38 Å². The van der Waals surface area contributed by atoms with E-state index in [4.69, 9.17) is 5.73 Å². The van der Waals surface area contributed by atoms with E-state index in [2.05, 4.69) is 15.0 Å². The van der Waals surface area contributed by atoms with Crippen LogP contribution < -0.4 is 5.73 Å². The second-order valence-electron chi connectivity index (χ2n) is 3.57. The van der Waals surface area contributed by atoms with Crippen molar-refractivity contribution < 1.29 is 0 Å². The summed E-state index contributed by atoms with van der Waals surface area (Å²) >= 11 is 0. The molecule has 2 N–H and O–H groups in total. The molecule has 0 saturated heterocycles. The number of rotatable bonds is 2. The summed E-state index contributed by atoms with van der Waals surface area (Å²) in [6.45, 7) is 0.577. The second kappa shape index (κ2) is 3.53. The predicted octanol–water partition coefficient (Wildman–Crippen LogP) is 0.779. The van der Waals surface area contributed by atoms with Gasteiger partial charge in [-0.1, -0.05) is 0 Å². The predicted molar refractivity (Wildman–Crippen MR) is 61.0 cm³/mol. The van der Waals surface area contributed by atoms with Crippen molar-refractivity contribution in [1.29, 1.82) is 0 Å². The van der Waals surface area contributed by atoms with Crippen LogP contribution in [-0.2, 0) is 6.42 Å². The molecule has 0 radical (unpaired) electrons. The molecule has 0 aliphatic carbocycles. The lowest BCUT2D eigenvalue weighted by atomic mass is 10.2. The zero-order valence-corrected chi connectivity index (χ0v) is 8.67. The van der Waals surface area contributed by atoms with Crippen molar-refractivity contribution in [3.63, 3.8) is 0 Å². The molecule has 80 valence electrons. The van der Waals surface area contributed by atoms with Crippen LogP contribution in [0.3, 0.4) is 0 Å². The van der Waals surface area contributed by atoms with Crippen LogP contribution in [0.5, 0.6) is 0 Å². The Labute approximate surface area is 92.0 Å². The average Bonchev–Trinajstić information content (AvgIpc) is 2.69. The highest BCUT2D eigenvalue weighted by molar-refractivity contribution is 5.81. The van der Waals surface area contributed by atoms with E-state index < -0.39 is 0 Å². The van der Waals surface area contributed by atoms with Crippen LogP contribution in [0.15, 0.2) is 30.7 Å². The lowest BCUT2D eigenvalue weighted by molar-refractivity contribution is 0.932. The van der Waals surface area contributed by atoms with Crippen LogP contribution >= 0.6 is 0 Å². The Bertz CT molecular complexity index is 643. The van der Waals surface area contributed by atoms with Gasteiger partial charge in [0.1, 0.15) is 5.52 Å². The number of aromatic nitrogens is 4. The normalized spacial score (nSPS) is 11.3. The van der Waals surface area contributed by atoms with Crippen molar-refractivity contribution in [3.05, 3.63) is 36.4 Å². The van der Waals surface area contributed by atoms with Gasteiger partial charge in [0.25, 0.3) is 0 Å². The van der Waals surface area contributed by atoms with Crippen molar-refractivity contribution in [2.45, 2.75) is 6.42 Å². The summed E-state index contributed by atoms with van der Waals surface area (Å²) in [6, 6.07) is 3.83. The third-order valence-corrected chi connectivity index (χ3v) is 2.56. The number of fused-ring (bicyclic) bond motifs is 3. The quantitative estimate of drug-likeness (QED) is 0.683. The number of pyridine rings is 1. The molecule has 3 rings (SSSR count). The molecule has 5 heteroatoms. The maximum atomic E-state index is 5.56. The summed E-state index contributed by atoms with van der Waals surface area (Å²) in [5, 5.41) is 0. The van der Waals surface area contributed by atoms with Gasteiger partial charge < -0.3 is 5.73 Å². The summed E-state index contributed by atoms with van der Waals surface area (Å²) in [7, 11) is 0. The first kappa shape index (κ1) is 9.23. The first-order chi connectivity index (χ1) is 7.90. The molecule has 3 heterocycles. The molecular weight excluding hydrogens is 202 g/mol. The standard InChI is InChI=1S/C11H11N5/c12-4-2-8-10-9(3-6-13-8)16-7-1-5-14-11(16)15-10/h1,3,5-7H,2,4,12H2. The van der Waals surface area contributed by atoms with E-state index in [0.29, 0.717) is 12.3 Å². The van der Waals surface area contributed by atoms with E-state index in [0.717, 1.165) is 23.1 Å². The van der Waals surface area contributed by atoms with Gasteiger partial charge in [0.2, 0.25) is 5.78 Å². The molecule has 3 aromatic rings. The third-order valence-electron chi connectivity index (χ3n) is 2.56. The number of imidazole rings is 1. The Kier molecular flexibility index (Phi) is 2.04. The number of hydrogen-bond donors (Lipinski definition) is 1. The Morgan fingerprint density at radius 3 is 3.06 bits per heavy atom. The molecule has 3 aromatic heterocycles. The fourth-order valence-electron chi connectivity index (χ4n) is 1.86. The first-order valence-corrected chi connectivity index (χ1v) is 5.17. The number of nitrogens with zero attached hydrogens (tertiary/aromatic N) is 4. The smallest absolute Gasteiger partial charge is 0.234 e. The van der Waals surface area contributed by atoms with Crippen molar-refractivity contribution in [2.24, 2.45) is 5.73 Å². The summed E-state index contributed by atoms with van der Waals surface area (Å²) in [6.07, 6.45) is 6.21. The summed E-state index contributed by atoms with van der Waals surface area (Å²) in [4.78, 5) is 13.0. The lowest BCUT2D eigenvalue weighted by Gasteiger charge is -1.98. The van der Waals surface area contributed by atoms with Crippen LogP contribution in [0, 0.1) is 0 Å². The Morgan fingerprint density at radius 1 is 1.25 bits per heavy atom. The Balaban J connectivity index is 2.39. The number of nitrogens with two attached hydrogens (primary N) is 1. The highest BCUT2D eigenvalue weighted by atomic mass is 15.1. The largest absolute Gasteiger partial charge is 0.330 e. The van der Waals surface area contributed by atoms with Crippen LogP contribution in [0.1, 0.15) is 5.69 Å². The minimum atomic E-state index is 0.577. The van der Waals surface area contributed by atoms with Crippen molar-refractivity contribution in [3.8, 4) is 0 Å². The summed E-state index contributed by atoms with van der Waals surface area (Å²) in [5.74, 6) is 0.698. The van der Waals surface area contributed by atoms with Gasteiger partial charge in [0.15, 0.2) is 0 Å². The highest BCUT2D eigenvalue weighted by Crippen LogP contribution is 2.17. The van der Waals surface area contributed by atoms with E-state index in [1.165, 1.54) is 0 Å². The van der Waals surface area contributed by atoms with Crippen molar-refractivity contribution in [1.82, 2.24) is 19.4 Å². The minimum absolute atomic E-state index is 0.577. The average molecular weight is 213 g/mol. The van der Waals surface area contributed by atoms with Crippen molar-refractivity contribution in [2.75, 3.05) is 6.54 Å². The molecule has 0 fully saturated rings. The maximum Gasteiger partial charge on any atom is 0.234 e. The molecule has 0 atom stereocenters. The molecule has 16 heavy (non-hydrogen) atoms. The first-order valence-electron chi connectivity index (χ1n) is 5.17. The SMILES string of the molecule is NCCc1nccc2c1nc1ncccn12. The molecule has 0 saturated carbocycles. The fraction of sp³-hybridized carbons (Fsp3) is 0.182. The molecule has 0 spiro atoms. The molecule has 0 amide bonds. The zero-order chi connectivity index (χ0) is 11.0. The Morgan fingerprint density at radius 2 is 2.19 bits per heavy atom. The molecule has 5 nitrogen and oxygen atoms in total. The van der Waals surface area contributed by atoms with Gasteiger partial charge in [0, 0.05) is 25.0 Å². The van der Waals surface area contributed by atoms with Gasteiger partial charge in [-0.2, -0.15) is 0 Å². The number of hydrogen-bond acceptors (Lipinski definition) is 4. The summed E-state index contributed by atoms with van der Waals surface area (Å²) in [5.41, 5.74) is 8.42. The second-order valence-corrected chi connectivity index (χ2v) is 3.57. The maximum absolute atomic E-state index is 5.56. The van der Waals surface area contributed by atoms with Gasteiger partial charge in [-0.15, -0.1) is 0 Å². The van der Waals surface area contributed by atoms with Gasteiger partial charge in [0.05, 0.1) is 11.2 Å². The van der Waals surface area contributed by atoms with Gasteiger partial charge in [-0.25, -0.2) is 9.97 Å². The molecule has 0 aliphatic rings. The zero-order valence-electron chi connectivity index (χ0n) is 8.67. The van der Waals surface area contributed by atoms with E-state index in [1.54, 1.807) is 12.4 Å². The monoisotopic (exact) mass is 213 g/mol. The van der Waals surface area contributed by atoms with Gasteiger partial charge in [-0.05, 0) is 18.7 Å². The van der Waals surface area contributed by atoms with E-state index in [1.807, 2.05) is 22.7 Å². The van der Waals surface area contributed by atoms with Crippen LogP contribution in [0.25, 0.3) is 16.8 Å². The van der Waals surface area contributed by atoms with E-state index in [-0.39, 0.29) is 0 Å². The Hall–Kier alpha value is -2.01. The molecule has 0 bridgehead atoms. The topological polar surface area (TPSA) is 69.1 Å². The molecule has 0 aromatic carbocycles. The van der Waals surface area contributed by atoms with Crippen LogP contribution in [0.2, 0.25) is 0 Å². The van der Waals surface area contributed by atoms with E-state index in [9.17, 15) is 0 Å². The van der Waals surface area contributed by atoms with Crippen LogP contribution in [0.4, 0.5) is 0 Å². The van der Waals surface area contributed by atoms with Crippen LogP contribution in [-0.4, -0.2) is 25.9 Å². The van der Waals surface area contributed by atoms with Crippen molar-refractivity contribution >= 4 is 16.8 Å². The van der Waals surface area contributed by atoms with Gasteiger partial charge >= 0.3 is 0 Å². The summed E-state index contributed by atoms with van der Waals surface area (Å²) < 4.78 is 1.96. The minimum Gasteiger partial charge on any atom is -0.330 e. The fourth-order valence-corrected chi connectivity index (χ4v) is 1.86. The molecule has 0 unspecified atom stereocenters. The van der Waals surface area contributed by atoms with E-state index >= 15 is 0 Å². The lowest BCUT2D eigenvalue weighted by Crippen LogP contribution is -2.04.